The Labute approximate surface area is 185 Å². The van der Waals surface area contributed by atoms with Crippen molar-refractivity contribution in [1.82, 2.24) is 0 Å². The first-order valence-corrected chi connectivity index (χ1v) is 10.0. The van der Waals surface area contributed by atoms with E-state index in [0.29, 0.717) is 21.8 Å². The standard InChI is InChI=1S/C25H18ClN3O2/c1-15-4-3-5-21(16(15)2)28-23-22(18-8-10-19(26)11-9-18)24(30)29(25(23)31)20-12-6-17(14-27)7-13-20/h3-13,28H,1-2H3. The molecular formula is C25H18ClN3O2. The summed E-state index contributed by atoms with van der Waals surface area (Å²) in [6.45, 7) is 3.94. The van der Waals surface area contributed by atoms with Gasteiger partial charge in [-0.1, -0.05) is 35.9 Å². The molecule has 0 aromatic heterocycles. The van der Waals surface area contributed by atoms with Crippen molar-refractivity contribution >= 4 is 40.4 Å². The van der Waals surface area contributed by atoms with Gasteiger partial charge in [-0.25, -0.2) is 4.90 Å². The molecule has 0 atom stereocenters. The van der Waals surface area contributed by atoms with Crippen molar-refractivity contribution in [3.05, 3.63) is 99.7 Å². The first kappa shape index (κ1) is 20.4. The molecule has 0 fully saturated rings. The molecule has 1 heterocycles. The normalized spacial score (nSPS) is 13.5. The molecule has 0 bridgehead atoms. The molecule has 5 nitrogen and oxygen atoms in total. The molecule has 4 rings (SSSR count). The molecule has 6 heteroatoms. The van der Waals surface area contributed by atoms with Crippen LogP contribution >= 0.6 is 11.6 Å². The van der Waals surface area contributed by atoms with Crippen LogP contribution in [0.2, 0.25) is 5.02 Å². The van der Waals surface area contributed by atoms with Crippen LogP contribution in [0.25, 0.3) is 5.57 Å². The second-order valence-corrected chi connectivity index (χ2v) is 7.67. The van der Waals surface area contributed by atoms with E-state index < -0.39 is 11.8 Å². The number of hydrogen-bond donors (Lipinski definition) is 1. The second-order valence-electron chi connectivity index (χ2n) is 7.23. The second kappa shape index (κ2) is 8.10. The number of nitrogens with zero attached hydrogens (tertiary/aromatic N) is 2. The lowest BCUT2D eigenvalue weighted by Crippen LogP contribution is -2.32. The number of carbonyl (C=O) groups excluding carboxylic acids is 2. The molecule has 1 aliphatic rings. The third-order valence-corrected chi connectivity index (χ3v) is 5.59. The maximum Gasteiger partial charge on any atom is 0.282 e. The van der Waals surface area contributed by atoms with E-state index in [2.05, 4.69) is 5.32 Å². The summed E-state index contributed by atoms with van der Waals surface area (Å²) in [6, 6.07) is 20.9. The Morgan fingerprint density at radius 2 is 1.58 bits per heavy atom. The number of aryl methyl sites for hydroxylation is 1. The van der Waals surface area contributed by atoms with E-state index in [1.54, 1.807) is 48.5 Å². The summed E-state index contributed by atoms with van der Waals surface area (Å²) in [4.78, 5) is 28.0. The predicted octanol–water partition coefficient (Wildman–Crippen LogP) is 5.23. The number of rotatable bonds is 4. The lowest BCUT2D eigenvalue weighted by molar-refractivity contribution is -0.120. The number of anilines is 2. The van der Waals surface area contributed by atoms with E-state index >= 15 is 0 Å². The van der Waals surface area contributed by atoms with Gasteiger partial charge in [-0.2, -0.15) is 5.26 Å². The largest absolute Gasteiger partial charge is 0.350 e. The zero-order chi connectivity index (χ0) is 22.1. The van der Waals surface area contributed by atoms with Gasteiger partial charge in [-0.05, 0) is 73.0 Å². The van der Waals surface area contributed by atoms with Crippen LogP contribution < -0.4 is 10.2 Å². The van der Waals surface area contributed by atoms with Crippen LogP contribution in [0.5, 0.6) is 0 Å². The Bertz CT molecular complexity index is 1270. The number of benzene rings is 3. The number of carbonyl (C=O) groups is 2. The topological polar surface area (TPSA) is 73.2 Å². The minimum Gasteiger partial charge on any atom is -0.350 e. The maximum absolute atomic E-state index is 13.4. The Balaban J connectivity index is 1.83. The Kier molecular flexibility index (Phi) is 5.33. The summed E-state index contributed by atoms with van der Waals surface area (Å²) in [5.74, 6) is -0.898. The zero-order valence-corrected chi connectivity index (χ0v) is 17.7. The van der Waals surface area contributed by atoms with Crippen molar-refractivity contribution in [2.45, 2.75) is 13.8 Å². The van der Waals surface area contributed by atoms with Gasteiger partial charge >= 0.3 is 0 Å². The molecule has 1 N–H and O–H groups in total. The van der Waals surface area contributed by atoms with Gasteiger partial charge in [0.15, 0.2) is 0 Å². The zero-order valence-electron chi connectivity index (χ0n) is 16.9. The van der Waals surface area contributed by atoms with Crippen LogP contribution in [-0.2, 0) is 9.59 Å². The van der Waals surface area contributed by atoms with E-state index in [1.165, 1.54) is 0 Å². The quantitative estimate of drug-likeness (QED) is 0.579. The summed E-state index contributed by atoms with van der Waals surface area (Å²) in [5.41, 5.74) is 4.72. The molecule has 2 amide bonds. The lowest BCUT2D eigenvalue weighted by Gasteiger charge is -2.16. The van der Waals surface area contributed by atoms with Crippen molar-refractivity contribution in [1.29, 1.82) is 5.26 Å². The fraction of sp³-hybridized carbons (Fsp3) is 0.0800. The highest BCUT2D eigenvalue weighted by Gasteiger charge is 2.40. The van der Waals surface area contributed by atoms with E-state index in [4.69, 9.17) is 16.9 Å². The monoisotopic (exact) mass is 427 g/mol. The summed E-state index contributed by atoms with van der Waals surface area (Å²) in [6.07, 6.45) is 0. The predicted molar refractivity (Wildman–Crippen MR) is 122 cm³/mol. The van der Waals surface area contributed by atoms with Crippen LogP contribution in [0, 0.1) is 25.2 Å². The van der Waals surface area contributed by atoms with Crippen LogP contribution in [0.1, 0.15) is 22.3 Å². The van der Waals surface area contributed by atoms with Crippen molar-refractivity contribution < 1.29 is 9.59 Å². The highest BCUT2D eigenvalue weighted by Crippen LogP contribution is 2.35. The van der Waals surface area contributed by atoms with E-state index in [1.807, 2.05) is 38.1 Å². The van der Waals surface area contributed by atoms with E-state index in [-0.39, 0.29) is 11.3 Å². The molecule has 0 saturated heterocycles. The maximum atomic E-state index is 13.4. The SMILES string of the molecule is Cc1cccc(NC2=C(c3ccc(Cl)cc3)C(=O)N(c3ccc(C#N)cc3)C2=O)c1C. The van der Waals surface area contributed by atoms with Crippen LogP contribution in [0.3, 0.4) is 0 Å². The minimum absolute atomic E-state index is 0.199. The molecule has 3 aromatic carbocycles. The fourth-order valence-corrected chi connectivity index (χ4v) is 3.60. The average molecular weight is 428 g/mol. The molecule has 0 saturated carbocycles. The van der Waals surface area contributed by atoms with E-state index in [9.17, 15) is 9.59 Å². The van der Waals surface area contributed by atoms with Crippen molar-refractivity contribution in [2.75, 3.05) is 10.2 Å². The molecule has 152 valence electrons. The third kappa shape index (κ3) is 3.70. The number of amides is 2. The molecule has 0 radical (unpaired) electrons. The number of hydrogen-bond acceptors (Lipinski definition) is 4. The van der Waals surface area contributed by atoms with Gasteiger partial charge in [0.2, 0.25) is 0 Å². The molecule has 0 unspecified atom stereocenters. The summed E-state index contributed by atoms with van der Waals surface area (Å²) < 4.78 is 0. The molecular weight excluding hydrogens is 410 g/mol. The Morgan fingerprint density at radius 3 is 2.23 bits per heavy atom. The number of imide groups is 1. The van der Waals surface area contributed by atoms with Gasteiger partial charge in [0.25, 0.3) is 11.8 Å². The molecule has 31 heavy (non-hydrogen) atoms. The van der Waals surface area contributed by atoms with Gasteiger partial charge in [-0.15, -0.1) is 0 Å². The van der Waals surface area contributed by atoms with Crippen molar-refractivity contribution in [2.24, 2.45) is 0 Å². The molecule has 0 aliphatic carbocycles. The van der Waals surface area contributed by atoms with Crippen molar-refractivity contribution in [3.63, 3.8) is 0 Å². The summed E-state index contributed by atoms with van der Waals surface area (Å²) >= 11 is 6.02. The first-order valence-electron chi connectivity index (χ1n) is 9.63. The van der Waals surface area contributed by atoms with Gasteiger partial charge in [0.1, 0.15) is 5.70 Å². The molecule has 3 aromatic rings. The number of halogens is 1. The van der Waals surface area contributed by atoms with Crippen LogP contribution in [-0.4, -0.2) is 11.8 Å². The fourth-order valence-electron chi connectivity index (χ4n) is 3.47. The minimum atomic E-state index is -0.458. The van der Waals surface area contributed by atoms with Gasteiger partial charge in [-0.3, -0.25) is 9.59 Å². The molecule has 1 aliphatic heterocycles. The molecule has 0 spiro atoms. The van der Waals surface area contributed by atoms with Crippen LogP contribution in [0.15, 0.2) is 72.4 Å². The summed E-state index contributed by atoms with van der Waals surface area (Å²) in [5, 5.41) is 12.8. The highest BCUT2D eigenvalue weighted by atomic mass is 35.5. The number of nitriles is 1. The first-order chi connectivity index (χ1) is 14.9. The Morgan fingerprint density at radius 1 is 0.903 bits per heavy atom. The lowest BCUT2D eigenvalue weighted by atomic mass is 10.0. The highest BCUT2D eigenvalue weighted by molar-refractivity contribution is 6.46. The van der Waals surface area contributed by atoms with E-state index in [0.717, 1.165) is 21.7 Å². The van der Waals surface area contributed by atoms with Crippen LogP contribution in [0.4, 0.5) is 11.4 Å². The van der Waals surface area contributed by atoms with Crippen molar-refractivity contribution in [3.8, 4) is 6.07 Å². The van der Waals surface area contributed by atoms with Gasteiger partial charge in [0, 0.05) is 10.7 Å². The van der Waals surface area contributed by atoms with Gasteiger partial charge < -0.3 is 5.32 Å². The Hall–Kier alpha value is -3.88. The number of nitrogens with one attached hydrogen (secondary N) is 1. The third-order valence-electron chi connectivity index (χ3n) is 5.34. The smallest absolute Gasteiger partial charge is 0.282 e. The van der Waals surface area contributed by atoms with Gasteiger partial charge in [0.05, 0.1) is 22.9 Å². The average Bonchev–Trinajstić information content (AvgIpc) is 3.01. The summed E-state index contributed by atoms with van der Waals surface area (Å²) in [7, 11) is 0.